The summed E-state index contributed by atoms with van der Waals surface area (Å²) < 4.78 is 18.2. The van der Waals surface area contributed by atoms with Crippen LogP contribution in [0.2, 0.25) is 5.02 Å². The summed E-state index contributed by atoms with van der Waals surface area (Å²) in [5.41, 5.74) is 0.899. The third-order valence-corrected chi connectivity index (χ3v) is 2.47. The summed E-state index contributed by atoms with van der Waals surface area (Å²) in [6, 6.07) is 9.61. The normalized spacial score (nSPS) is 10.2. The van der Waals surface area contributed by atoms with E-state index in [0.717, 1.165) is 5.56 Å². The van der Waals surface area contributed by atoms with Crippen LogP contribution >= 0.6 is 11.6 Å². The van der Waals surface area contributed by atoms with Gasteiger partial charge in [-0.2, -0.15) is 9.37 Å². The predicted molar refractivity (Wildman–Crippen MR) is 60.5 cm³/mol. The van der Waals surface area contributed by atoms with Crippen LogP contribution < -0.4 is 4.74 Å². The minimum atomic E-state index is -0.566. The molecule has 1 aromatic heterocycles. The number of ether oxygens (including phenoxy) is 1. The highest BCUT2D eigenvalue weighted by Crippen LogP contribution is 2.24. The van der Waals surface area contributed by atoms with Crippen LogP contribution in [-0.4, -0.2) is 4.98 Å². The summed E-state index contributed by atoms with van der Waals surface area (Å²) in [6.45, 7) is 1.87. The molecule has 2 rings (SSSR count). The summed E-state index contributed by atoms with van der Waals surface area (Å²) in [4.78, 5) is 3.60. The second kappa shape index (κ2) is 4.49. The molecule has 16 heavy (non-hydrogen) atoms. The van der Waals surface area contributed by atoms with Crippen LogP contribution in [0.25, 0.3) is 0 Å². The molecule has 2 nitrogen and oxygen atoms in total. The Balaban J connectivity index is 2.24. The Morgan fingerprint density at radius 3 is 2.75 bits per heavy atom. The van der Waals surface area contributed by atoms with Crippen LogP contribution in [0.15, 0.2) is 36.4 Å². The molecule has 0 bridgehead atoms. The average molecular weight is 238 g/mol. The van der Waals surface area contributed by atoms with E-state index in [0.29, 0.717) is 10.8 Å². The van der Waals surface area contributed by atoms with Gasteiger partial charge in [0.05, 0.1) is 0 Å². The van der Waals surface area contributed by atoms with E-state index in [1.165, 1.54) is 6.07 Å². The van der Waals surface area contributed by atoms with Gasteiger partial charge in [-0.05, 0) is 36.8 Å². The lowest BCUT2D eigenvalue weighted by Gasteiger charge is -2.05. The Hall–Kier alpha value is -1.61. The molecule has 1 heterocycles. The molecule has 0 fully saturated rings. The van der Waals surface area contributed by atoms with E-state index in [-0.39, 0.29) is 5.88 Å². The maximum atomic E-state index is 12.8. The molecule has 4 heteroatoms. The first-order valence-electron chi connectivity index (χ1n) is 4.72. The van der Waals surface area contributed by atoms with Gasteiger partial charge >= 0.3 is 0 Å². The lowest BCUT2D eigenvalue weighted by molar-refractivity contribution is 0.445. The number of nitrogens with zero attached hydrogens (tertiary/aromatic N) is 1. The molecule has 0 saturated carbocycles. The van der Waals surface area contributed by atoms with Crippen molar-refractivity contribution in [2.45, 2.75) is 6.92 Å². The van der Waals surface area contributed by atoms with Gasteiger partial charge in [0.25, 0.3) is 0 Å². The summed E-state index contributed by atoms with van der Waals surface area (Å²) in [6.07, 6.45) is 0. The van der Waals surface area contributed by atoms with Crippen molar-refractivity contribution in [3.63, 3.8) is 0 Å². The zero-order chi connectivity index (χ0) is 11.5. The number of benzene rings is 1. The third-order valence-electron chi connectivity index (χ3n) is 2.04. The number of halogens is 2. The van der Waals surface area contributed by atoms with Crippen molar-refractivity contribution in [2.75, 3.05) is 0 Å². The van der Waals surface area contributed by atoms with Crippen molar-refractivity contribution in [2.24, 2.45) is 0 Å². The molecule has 82 valence electrons. The molecule has 0 amide bonds. The third kappa shape index (κ3) is 2.49. The van der Waals surface area contributed by atoms with Gasteiger partial charge in [-0.15, -0.1) is 0 Å². The fourth-order valence-corrected chi connectivity index (χ4v) is 1.37. The van der Waals surface area contributed by atoms with Crippen molar-refractivity contribution < 1.29 is 9.13 Å². The summed E-state index contributed by atoms with van der Waals surface area (Å²) in [7, 11) is 0. The lowest BCUT2D eigenvalue weighted by atomic mass is 10.2. The van der Waals surface area contributed by atoms with Crippen LogP contribution in [0.1, 0.15) is 5.56 Å². The van der Waals surface area contributed by atoms with E-state index in [1.807, 2.05) is 6.92 Å². The summed E-state index contributed by atoms with van der Waals surface area (Å²) >= 11 is 5.88. The van der Waals surface area contributed by atoms with Gasteiger partial charge in [0.15, 0.2) is 0 Å². The molecule has 0 radical (unpaired) electrons. The Morgan fingerprint density at radius 1 is 1.25 bits per heavy atom. The smallest absolute Gasteiger partial charge is 0.221 e. The maximum Gasteiger partial charge on any atom is 0.221 e. The van der Waals surface area contributed by atoms with E-state index in [9.17, 15) is 4.39 Å². The predicted octanol–water partition coefficient (Wildman–Crippen LogP) is 3.97. The quantitative estimate of drug-likeness (QED) is 0.738. The number of hydrogen-bond acceptors (Lipinski definition) is 2. The minimum Gasteiger partial charge on any atom is -0.439 e. The van der Waals surface area contributed by atoms with Crippen LogP contribution in [0, 0.1) is 12.9 Å². The first-order valence-corrected chi connectivity index (χ1v) is 5.09. The molecule has 0 N–H and O–H groups in total. The van der Waals surface area contributed by atoms with Crippen molar-refractivity contribution in [3.8, 4) is 11.6 Å². The Bertz CT molecular complexity index is 516. The number of aromatic nitrogens is 1. The summed E-state index contributed by atoms with van der Waals surface area (Å²) in [5.74, 6) is 0.241. The van der Waals surface area contributed by atoms with Gasteiger partial charge in [-0.1, -0.05) is 17.7 Å². The van der Waals surface area contributed by atoms with Gasteiger partial charge in [0, 0.05) is 11.1 Å². The zero-order valence-electron chi connectivity index (χ0n) is 8.58. The number of rotatable bonds is 2. The first-order chi connectivity index (χ1) is 7.65. The van der Waals surface area contributed by atoms with E-state index >= 15 is 0 Å². The number of pyridine rings is 1. The van der Waals surface area contributed by atoms with E-state index in [1.54, 1.807) is 30.3 Å². The standard InChI is InChI=1S/C12H9ClFNO/c1-8-7-9(5-6-10(8)13)16-12-4-2-3-11(14)15-12/h2-7H,1H3. The number of aryl methyl sites for hydroxylation is 1. The van der Waals surface area contributed by atoms with Crippen molar-refractivity contribution in [1.82, 2.24) is 4.98 Å². The van der Waals surface area contributed by atoms with E-state index in [2.05, 4.69) is 4.98 Å². The molecule has 0 atom stereocenters. The molecule has 0 spiro atoms. The number of hydrogen-bond donors (Lipinski definition) is 0. The monoisotopic (exact) mass is 237 g/mol. The van der Waals surface area contributed by atoms with Crippen LogP contribution in [-0.2, 0) is 0 Å². The maximum absolute atomic E-state index is 12.8. The highest BCUT2D eigenvalue weighted by molar-refractivity contribution is 6.31. The molecule has 0 aliphatic rings. The highest BCUT2D eigenvalue weighted by Gasteiger charge is 2.02. The lowest BCUT2D eigenvalue weighted by Crippen LogP contribution is -1.90. The molecule has 0 saturated heterocycles. The molecular weight excluding hydrogens is 229 g/mol. The zero-order valence-corrected chi connectivity index (χ0v) is 9.33. The molecular formula is C12H9ClFNO. The van der Waals surface area contributed by atoms with Crippen molar-refractivity contribution in [1.29, 1.82) is 0 Å². The Kier molecular flexibility index (Phi) is 3.06. The molecule has 0 aliphatic heterocycles. The van der Waals surface area contributed by atoms with Crippen LogP contribution in [0.3, 0.4) is 0 Å². The molecule has 0 aliphatic carbocycles. The second-order valence-corrected chi connectivity index (χ2v) is 3.72. The largest absolute Gasteiger partial charge is 0.439 e. The molecule has 0 unspecified atom stereocenters. The minimum absolute atomic E-state index is 0.224. The van der Waals surface area contributed by atoms with E-state index < -0.39 is 5.95 Å². The van der Waals surface area contributed by atoms with Crippen molar-refractivity contribution in [3.05, 3.63) is 52.9 Å². The molecule has 2 aromatic rings. The fourth-order valence-electron chi connectivity index (χ4n) is 1.25. The Labute approximate surface area is 97.7 Å². The highest BCUT2D eigenvalue weighted by atomic mass is 35.5. The first kappa shape index (κ1) is 10.9. The SMILES string of the molecule is Cc1cc(Oc2cccc(F)n2)ccc1Cl. The van der Waals surface area contributed by atoms with Gasteiger partial charge in [0.2, 0.25) is 11.8 Å². The summed E-state index contributed by atoms with van der Waals surface area (Å²) in [5, 5.41) is 0.666. The Morgan fingerprint density at radius 2 is 2.06 bits per heavy atom. The molecule has 1 aromatic carbocycles. The fraction of sp³-hybridized carbons (Fsp3) is 0.0833. The average Bonchev–Trinajstić information content (AvgIpc) is 2.24. The van der Waals surface area contributed by atoms with Gasteiger partial charge < -0.3 is 4.74 Å². The second-order valence-electron chi connectivity index (χ2n) is 3.31. The topological polar surface area (TPSA) is 22.1 Å². The van der Waals surface area contributed by atoms with Crippen molar-refractivity contribution >= 4 is 11.6 Å². The van der Waals surface area contributed by atoms with Gasteiger partial charge in [0.1, 0.15) is 5.75 Å². The van der Waals surface area contributed by atoms with Crippen LogP contribution in [0.4, 0.5) is 4.39 Å². The van der Waals surface area contributed by atoms with Crippen LogP contribution in [0.5, 0.6) is 11.6 Å². The van der Waals surface area contributed by atoms with Gasteiger partial charge in [-0.25, -0.2) is 0 Å². The van der Waals surface area contributed by atoms with E-state index in [4.69, 9.17) is 16.3 Å². The van der Waals surface area contributed by atoms with Gasteiger partial charge in [-0.3, -0.25) is 0 Å².